The van der Waals surface area contributed by atoms with Gasteiger partial charge in [0.1, 0.15) is 5.41 Å². The van der Waals surface area contributed by atoms with E-state index >= 15 is 0 Å². The molecule has 8 rings (SSSR count). The fourth-order valence-electron chi connectivity index (χ4n) is 6.92. The molecule has 0 saturated carbocycles. The van der Waals surface area contributed by atoms with Crippen LogP contribution in [-0.4, -0.2) is 35.8 Å². The molecule has 0 fully saturated rings. The predicted octanol–water partition coefficient (Wildman–Crippen LogP) is 5.85. The summed E-state index contributed by atoms with van der Waals surface area (Å²) in [4.78, 5) is 18.9. The molecule has 8 nitrogen and oxygen atoms in total. The Hall–Kier alpha value is -5.07. The summed E-state index contributed by atoms with van der Waals surface area (Å²) in [6.45, 7) is 1.93. The molecule has 2 N–H and O–H groups in total. The molecule has 0 saturated heterocycles. The van der Waals surface area contributed by atoms with Gasteiger partial charge in [-0.25, -0.2) is 8.42 Å². The van der Waals surface area contributed by atoms with Crippen LogP contribution in [0.5, 0.6) is 0 Å². The van der Waals surface area contributed by atoms with Crippen LogP contribution in [-0.2, 0) is 20.0 Å². The monoisotopic (exact) mass is 585 g/mol. The lowest BCUT2D eigenvalue weighted by atomic mass is 9.47. The topological polar surface area (TPSA) is 129 Å². The number of H-pyrrole nitrogens is 1. The smallest absolute Gasteiger partial charge is 0.249 e. The molecular formula is C34H27N5O3S. The van der Waals surface area contributed by atoms with Crippen LogP contribution in [0.15, 0.2) is 102 Å². The maximum Gasteiger partial charge on any atom is 0.249 e. The molecule has 3 aliphatic carbocycles. The Bertz CT molecular complexity index is 2030. The van der Waals surface area contributed by atoms with Gasteiger partial charge >= 0.3 is 0 Å². The van der Waals surface area contributed by atoms with E-state index in [0.717, 1.165) is 38.9 Å². The van der Waals surface area contributed by atoms with E-state index in [-0.39, 0.29) is 22.7 Å². The second-order valence-corrected chi connectivity index (χ2v) is 13.6. The summed E-state index contributed by atoms with van der Waals surface area (Å²) in [5.41, 5.74) is 4.59. The van der Waals surface area contributed by atoms with Crippen molar-refractivity contribution < 1.29 is 13.2 Å². The predicted molar refractivity (Wildman–Crippen MR) is 163 cm³/mol. The number of anilines is 1. The molecule has 0 radical (unpaired) electrons. The minimum Gasteiger partial charge on any atom is -0.293 e. The van der Waals surface area contributed by atoms with Crippen LogP contribution in [0, 0.1) is 16.7 Å². The number of hydrogen-bond donors (Lipinski definition) is 2. The standard InChI is InChI=1S/C34H27N5O3S/c1-33(19-34(20-35)27-12-5-3-10-25(27)29(33)26-11-4-6-13-28(26)34)31(40)37-32-36-30(38-39-32)23-9-7-8-22(18-23)21-14-16-24(17-15-21)43(2,41)42/h3-18,29H,19H2,1-2H3,(H2,36,37,38,39,40)/t29?,33-,34?/m0/s1. The number of nitrogens with one attached hydrogen (secondary N) is 2. The van der Waals surface area contributed by atoms with Crippen molar-refractivity contribution in [3.8, 4) is 28.6 Å². The average molecular weight is 586 g/mol. The lowest BCUT2D eigenvalue weighted by Gasteiger charge is -2.54. The molecule has 3 aliphatic rings. The van der Waals surface area contributed by atoms with Crippen LogP contribution >= 0.6 is 0 Å². The molecule has 0 unspecified atom stereocenters. The normalized spacial score (nSPS) is 21.8. The highest BCUT2D eigenvalue weighted by atomic mass is 32.2. The van der Waals surface area contributed by atoms with Crippen molar-refractivity contribution in [1.82, 2.24) is 15.2 Å². The molecule has 5 aromatic rings. The first-order chi connectivity index (χ1) is 20.6. The number of aromatic amines is 1. The summed E-state index contributed by atoms with van der Waals surface area (Å²) in [6, 6.07) is 32.8. The molecule has 1 aromatic heterocycles. The summed E-state index contributed by atoms with van der Waals surface area (Å²) in [5.74, 6) is 0.160. The number of aromatic nitrogens is 3. The Kier molecular flexibility index (Phi) is 5.91. The van der Waals surface area contributed by atoms with Crippen LogP contribution in [0.4, 0.5) is 5.95 Å². The van der Waals surface area contributed by atoms with Crippen molar-refractivity contribution in [2.75, 3.05) is 11.6 Å². The van der Waals surface area contributed by atoms with Crippen LogP contribution in [0.3, 0.4) is 0 Å². The third kappa shape index (κ3) is 4.09. The molecule has 1 amide bonds. The molecule has 1 atom stereocenters. The molecule has 9 heteroatoms. The van der Waals surface area contributed by atoms with Gasteiger partial charge in [0.15, 0.2) is 15.7 Å². The first-order valence-electron chi connectivity index (χ1n) is 13.9. The van der Waals surface area contributed by atoms with Gasteiger partial charge in [-0.1, -0.05) is 78.9 Å². The number of carbonyl (C=O) groups is 1. The van der Waals surface area contributed by atoms with Crippen molar-refractivity contribution in [2.24, 2.45) is 5.41 Å². The third-order valence-electron chi connectivity index (χ3n) is 8.90. The van der Waals surface area contributed by atoms with E-state index in [1.165, 1.54) is 6.26 Å². The maximum atomic E-state index is 14.1. The van der Waals surface area contributed by atoms with Crippen molar-refractivity contribution in [3.05, 3.63) is 119 Å². The molecule has 1 heterocycles. The number of carbonyl (C=O) groups excluding carboxylic acids is 1. The van der Waals surface area contributed by atoms with Gasteiger partial charge in [-0.3, -0.25) is 15.2 Å². The first-order valence-corrected chi connectivity index (χ1v) is 15.8. The number of fused-ring (bicyclic) bond motifs is 1. The summed E-state index contributed by atoms with van der Waals surface area (Å²) < 4.78 is 23.7. The lowest BCUT2D eigenvalue weighted by molar-refractivity contribution is -0.127. The van der Waals surface area contributed by atoms with Crippen LogP contribution in [0.2, 0.25) is 0 Å². The quantitative estimate of drug-likeness (QED) is 0.266. The van der Waals surface area contributed by atoms with Crippen LogP contribution < -0.4 is 5.32 Å². The highest BCUT2D eigenvalue weighted by Crippen LogP contribution is 2.63. The number of rotatable bonds is 5. The number of benzene rings is 4. The van der Waals surface area contributed by atoms with Gasteiger partial charge in [0.2, 0.25) is 11.9 Å². The SMILES string of the molecule is C[C@]1(C(=O)Nc2n[nH]c(-c3cccc(-c4ccc(S(C)(=O)=O)cc4)c3)n2)CC2(C#N)c3ccccc3C1c1ccccc12. The van der Waals surface area contributed by atoms with Crippen molar-refractivity contribution in [1.29, 1.82) is 5.26 Å². The Morgan fingerprint density at radius 2 is 1.53 bits per heavy atom. The summed E-state index contributed by atoms with van der Waals surface area (Å²) >= 11 is 0. The molecule has 212 valence electrons. The number of hydrogen-bond acceptors (Lipinski definition) is 6. The zero-order valence-electron chi connectivity index (χ0n) is 23.5. The summed E-state index contributed by atoms with van der Waals surface area (Å²) in [5, 5.41) is 20.8. The zero-order valence-corrected chi connectivity index (χ0v) is 24.3. The molecular weight excluding hydrogens is 558 g/mol. The fraction of sp³-hybridized carbons (Fsp3) is 0.176. The third-order valence-corrected chi connectivity index (χ3v) is 10.0. The highest BCUT2D eigenvalue weighted by Gasteiger charge is 2.61. The van der Waals surface area contributed by atoms with Gasteiger partial charge < -0.3 is 0 Å². The number of nitriles is 1. The Balaban J connectivity index is 1.19. The van der Waals surface area contributed by atoms with Gasteiger partial charge in [-0.05, 0) is 64.9 Å². The van der Waals surface area contributed by atoms with Gasteiger partial charge in [-0.15, -0.1) is 5.10 Å². The zero-order chi connectivity index (χ0) is 30.0. The Morgan fingerprint density at radius 1 is 0.907 bits per heavy atom. The van der Waals surface area contributed by atoms with Crippen molar-refractivity contribution >= 4 is 21.7 Å². The Morgan fingerprint density at radius 3 is 2.16 bits per heavy atom. The number of nitrogens with zero attached hydrogens (tertiary/aromatic N) is 3. The maximum absolute atomic E-state index is 14.1. The summed E-state index contributed by atoms with van der Waals surface area (Å²) in [7, 11) is -3.28. The molecule has 0 aliphatic heterocycles. The van der Waals surface area contributed by atoms with E-state index in [9.17, 15) is 18.5 Å². The molecule has 2 bridgehead atoms. The molecule has 0 spiro atoms. The van der Waals surface area contributed by atoms with Crippen LogP contribution in [0.25, 0.3) is 22.5 Å². The van der Waals surface area contributed by atoms with E-state index < -0.39 is 20.7 Å². The highest BCUT2D eigenvalue weighted by molar-refractivity contribution is 7.90. The van der Waals surface area contributed by atoms with Crippen molar-refractivity contribution in [2.45, 2.75) is 29.6 Å². The second-order valence-electron chi connectivity index (χ2n) is 11.6. The van der Waals surface area contributed by atoms with E-state index in [1.54, 1.807) is 24.3 Å². The molecule has 4 aromatic carbocycles. The van der Waals surface area contributed by atoms with E-state index in [1.807, 2.05) is 79.7 Å². The van der Waals surface area contributed by atoms with E-state index in [2.05, 4.69) is 26.6 Å². The summed E-state index contributed by atoms with van der Waals surface area (Å²) in [6.07, 6.45) is 1.53. The second kappa shape index (κ2) is 9.48. The van der Waals surface area contributed by atoms with Gasteiger partial charge in [0.25, 0.3) is 0 Å². The average Bonchev–Trinajstić information content (AvgIpc) is 3.49. The van der Waals surface area contributed by atoms with Crippen LogP contribution in [0.1, 0.15) is 41.5 Å². The molecule has 43 heavy (non-hydrogen) atoms. The Labute approximate surface area is 249 Å². The minimum absolute atomic E-state index is 0.151. The minimum atomic E-state index is -3.28. The van der Waals surface area contributed by atoms with Crippen molar-refractivity contribution in [3.63, 3.8) is 0 Å². The van der Waals surface area contributed by atoms with Gasteiger partial charge in [-0.2, -0.15) is 10.2 Å². The van der Waals surface area contributed by atoms with E-state index in [0.29, 0.717) is 12.2 Å². The van der Waals surface area contributed by atoms with Gasteiger partial charge in [0.05, 0.1) is 16.4 Å². The fourth-order valence-corrected chi connectivity index (χ4v) is 7.55. The lowest BCUT2D eigenvalue weighted by Crippen LogP contribution is -2.53. The number of sulfone groups is 1. The number of amides is 1. The van der Waals surface area contributed by atoms with Gasteiger partial charge in [0, 0.05) is 17.7 Å². The first kappa shape index (κ1) is 26.8. The largest absolute Gasteiger partial charge is 0.293 e. The van der Waals surface area contributed by atoms with E-state index in [4.69, 9.17) is 0 Å².